The monoisotopic (exact) mass is 387 g/mol. The van der Waals surface area contributed by atoms with Crippen molar-refractivity contribution in [3.63, 3.8) is 0 Å². The average molecular weight is 388 g/mol. The quantitative estimate of drug-likeness (QED) is 0.621. The Morgan fingerprint density at radius 2 is 2.00 bits per heavy atom. The number of hydrogen-bond donors (Lipinski definition) is 3. The summed E-state index contributed by atoms with van der Waals surface area (Å²) in [5, 5.41) is 12.2. The number of nitrogens with zero attached hydrogens (tertiary/aromatic N) is 4. The van der Waals surface area contributed by atoms with Crippen molar-refractivity contribution in [2.75, 3.05) is 5.32 Å². The highest BCUT2D eigenvalue weighted by molar-refractivity contribution is 6.32. The van der Waals surface area contributed by atoms with Crippen LogP contribution < -0.4 is 16.6 Å². The van der Waals surface area contributed by atoms with Crippen molar-refractivity contribution < 1.29 is 13.2 Å². The molecule has 0 unspecified atom stereocenters. The maximum atomic E-state index is 12.6. The Morgan fingerprint density at radius 1 is 1.23 bits per heavy atom. The van der Waals surface area contributed by atoms with E-state index in [-0.39, 0.29) is 28.9 Å². The minimum Gasteiger partial charge on any atom is -0.375 e. The maximum Gasteiger partial charge on any atom is 0.417 e. The number of aromatic nitrogens is 6. The molecule has 0 atom stereocenters. The first kappa shape index (κ1) is 17.7. The number of halogens is 4. The highest BCUT2D eigenvalue weighted by Gasteiger charge is 2.30. The molecule has 3 heterocycles. The lowest BCUT2D eigenvalue weighted by molar-refractivity contribution is -0.137. The first-order valence-electron chi connectivity index (χ1n) is 6.94. The van der Waals surface area contributed by atoms with Gasteiger partial charge in [-0.05, 0) is 12.1 Å². The first-order chi connectivity index (χ1) is 12.3. The van der Waals surface area contributed by atoms with E-state index in [1.54, 1.807) is 0 Å². The Morgan fingerprint density at radius 3 is 2.58 bits per heavy atom. The number of anilines is 1. The molecule has 0 aromatic carbocycles. The van der Waals surface area contributed by atoms with Gasteiger partial charge >= 0.3 is 11.9 Å². The van der Waals surface area contributed by atoms with Crippen LogP contribution in [-0.2, 0) is 12.7 Å². The van der Waals surface area contributed by atoms with E-state index >= 15 is 0 Å². The Kier molecular flexibility index (Phi) is 4.50. The van der Waals surface area contributed by atoms with Gasteiger partial charge in [-0.15, -0.1) is 0 Å². The van der Waals surface area contributed by atoms with Crippen LogP contribution in [0.2, 0.25) is 5.02 Å². The fourth-order valence-electron chi connectivity index (χ4n) is 1.97. The molecule has 0 spiro atoms. The molecule has 0 aliphatic carbocycles. The van der Waals surface area contributed by atoms with Gasteiger partial charge in [-0.3, -0.25) is 9.78 Å². The van der Waals surface area contributed by atoms with Crippen molar-refractivity contribution in [1.29, 1.82) is 0 Å². The maximum absolute atomic E-state index is 12.6. The second kappa shape index (κ2) is 6.63. The van der Waals surface area contributed by atoms with Crippen molar-refractivity contribution in [3.05, 3.63) is 61.8 Å². The summed E-state index contributed by atoms with van der Waals surface area (Å²) in [7, 11) is 0. The summed E-state index contributed by atoms with van der Waals surface area (Å²) >= 11 is 5.98. The third kappa shape index (κ3) is 3.59. The van der Waals surface area contributed by atoms with E-state index < -0.39 is 23.0 Å². The Hall–Kier alpha value is -3.15. The summed E-state index contributed by atoms with van der Waals surface area (Å²) in [6.07, 6.45) is -2.74. The van der Waals surface area contributed by atoms with Crippen molar-refractivity contribution in [2.45, 2.75) is 12.7 Å². The van der Waals surface area contributed by atoms with Crippen molar-refractivity contribution in [2.24, 2.45) is 0 Å². The number of H-pyrrole nitrogens is 2. The number of pyridine rings is 1. The molecule has 0 aliphatic heterocycles. The molecule has 3 aromatic rings. The van der Waals surface area contributed by atoms with E-state index in [9.17, 15) is 22.8 Å². The zero-order valence-electron chi connectivity index (χ0n) is 12.6. The summed E-state index contributed by atoms with van der Waals surface area (Å²) in [5.74, 6) is 0.160. The van der Waals surface area contributed by atoms with Crippen LogP contribution in [-0.4, -0.2) is 29.9 Å². The van der Waals surface area contributed by atoms with Gasteiger partial charge in [0.15, 0.2) is 5.82 Å². The van der Waals surface area contributed by atoms with Crippen molar-refractivity contribution in [1.82, 2.24) is 29.9 Å². The summed E-state index contributed by atoms with van der Waals surface area (Å²) < 4.78 is 38.5. The van der Waals surface area contributed by atoms with E-state index in [4.69, 9.17) is 11.6 Å². The van der Waals surface area contributed by atoms with E-state index in [0.29, 0.717) is 6.20 Å². The zero-order valence-corrected chi connectivity index (χ0v) is 13.4. The highest BCUT2D eigenvalue weighted by atomic mass is 35.5. The predicted molar refractivity (Wildman–Crippen MR) is 84.2 cm³/mol. The van der Waals surface area contributed by atoms with Gasteiger partial charge in [0.2, 0.25) is 0 Å². The minimum absolute atomic E-state index is 0.0577. The minimum atomic E-state index is -4.54. The van der Waals surface area contributed by atoms with Gasteiger partial charge in [-0.2, -0.15) is 28.1 Å². The van der Waals surface area contributed by atoms with Gasteiger partial charge in [0.1, 0.15) is 10.8 Å². The van der Waals surface area contributed by atoms with Gasteiger partial charge in [0.25, 0.3) is 5.56 Å². The number of hydrogen-bond acceptors (Lipinski definition) is 6. The molecule has 0 fully saturated rings. The van der Waals surface area contributed by atoms with Crippen LogP contribution in [0, 0.1) is 0 Å². The largest absolute Gasteiger partial charge is 0.417 e. The van der Waals surface area contributed by atoms with E-state index in [0.717, 1.165) is 16.8 Å². The zero-order chi connectivity index (χ0) is 18.9. The van der Waals surface area contributed by atoms with Gasteiger partial charge in [0.05, 0.1) is 24.0 Å². The summed E-state index contributed by atoms with van der Waals surface area (Å²) in [5.41, 5.74) is -2.07. The number of rotatable bonds is 4. The summed E-state index contributed by atoms with van der Waals surface area (Å²) in [6, 6.07) is 1.79. The first-order valence-corrected chi connectivity index (χ1v) is 7.32. The Labute approximate surface area is 146 Å². The smallest absolute Gasteiger partial charge is 0.375 e. The summed E-state index contributed by atoms with van der Waals surface area (Å²) in [4.78, 5) is 29.2. The normalized spacial score (nSPS) is 11.5. The highest BCUT2D eigenvalue weighted by Crippen LogP contribution is 2.28. The van der Waals surface area contributed by atoms with Crippen LogP contribution in [0.25, 0.3) is 5.82 Å². The molecule has 0 bridgehead atoms. The van der Waals surface area contributed by atoms with Crippen molar-refractivity contribution in [3.8, 4) is 5.82 Å². The van der Waals surface area contributed by atoms with Gasteiger partial charge < -0.3 is 5.32 Å². The predicted octanol–water partition coefficient (Wildman–Crippen LogP) is 1.32. The lowest BCUT2D eigenvalue weighted by atomic mass is 10.3. The fourth-order valence-corrected chi connectivity index (χ4v) is 2.16. The molecule has 9 nitrogen and oxygen atoms in total. The topological polar surface area (TPSA) is 121 Å². The van der Waals surface area contributed by atoms with Gasteiger partial charge in [-0.25, -0.2) is 14.9 Å². The van der Waals surface area contributed by atoms with Gasteiger partial charge in [0, 0.05) is 6.20 Å². The second-order valence-corrected chi connectivity index (χ2v) is 5.35. The standard InChI is InChI=1S/C13H9ClF3N7O2/c14-10-7(18-5-8-21-12(26)23-22-8)4-20-24(11(10)25)9-2-1-6(3-19-9)13(15,16)17/h1-4,18H,5H2,(H2,21,22,23,26). The third-order valence-corrected chi connectivity index (χ3v) is 3.57. The molecule has 3 rings (SSSR count). The molecule has 136 valence electrons. The van der Waals surface area contributed by atoms with E-state index in [1.807, 2.05) is 0 Å². The molecule has 0 saturated carbocycles. The molecule has 3 aromatic heterocycles. The van der Waals surface area contributed by atoms with Crippen molar-refractivity contribution >= 4 is 17.3 Å². The molecule has 3 N–H and O–H groups in total. The SMILES string of the molecule is O=c1[nH]nc(CNc2cnn(-c3ccc(C(F)(F)F)cn3)c(=O)c2Cl)[nH]1. The number of aromatic amines is 2. The molecule has 0 radical (unpaired) electrons. The van der Waals surface area contributed by atoms with Crippen LogP contribution in [0.3, 0.4) is 0 Å². The van der Waals surface area contributed by atoms with Crippen LogP contribution in [0.1, 0.15) is 11.4 Å². The van der Waals surface area contributed by atoms with Crippen LogP contribution in [0.4, 0.5) is 18.9 Å². The van der Waals surface area contributed by atoms with E-state index in [2.05, 4.69) is 30.6 Å². The third-order valence-electron chi connectivity index (χ3n) is 3.21. The fraction of sp³-hybridized carbons (Fsp3) is 0.154. The van der Waals surface area contributed by atoms with Crippen LogP contribution in [0.15, 0.2) is 34.1 Å². The van der Waals surface area contributed by atoms with Crippen LogP contribution >= 0.6 is 11.6 Å². The lowest BCUT2D eigenvalue weighted by Crippen LogP contribution is -2.24. The lowest BCUT2D eigenvalue weighted by Gasteiger charge is -2.10. The molecular formula is C13H9ClF3N7O2. The molecule has 13 heteroatoms. The molecule has 26 heavy (non-hydrogen) atoms. The second-order valence-electron chi connectivity index (χ2n) is 4.97. The van der Waals surface area contributed by atoms with Gasteiger partial charge in [-0.1, -0.05) is 11.6 Å². The number of alkyl halides is 3. The molecular weight excluding hydrogens is 379 g/mol. The molecule has 0 amide bonds. The molecule has 0 saturated heterocycles. The number of nitrogens with one attached hydrogen (secondary N) is 3. The molecule has 0 aliphatic rings. The average Bonchev–Trinajstić information content (AvgIpc) is 3.01. The van der Waals surface area contributed by atoms with Crippen LogP contribution in [0.5, 0.6) is 0 Å². The van der Waals surface area contributed by atoms with E-state index in [1.165, 1.54) is 6.20 Å². The Bertz CT molecular complexity index is 1040. The Balaban J connectivity index is 1.85. The summed E-state index contributed by atoms with van der Waals surface area (Å²) in [6.45, 7) is 0.0577.